The van der Waals surface area contributed by atoms with E-state index in [1.54, 1.807) is 6.07 Å². The second kappa shape index (κ2) is 4.21. The van der Waals surface area contributed by atoms with Gasteiger partial charge in [0, 0.05) is 12.5 Å². The van der Waals surface area contributed by atoms with Crippen molar-refractivity contribution in [2.45, 2.75) is 24.6 Å². The fourth-order valence-electron chi connectivity index (χ4n) is 3.51. The molecule has 1 aliphatic heterocycles. The fourth-order valence-corrected chi connectivity index (χ4v) is 3.51. The number of hydrogen-bond acceptors (Lipinski definition) is 2. The van der Waals surface area contributed by atoms with Crippen molar-refractivity contribution >= 4 is 0 Å². The van der Waals surface area contributed by atoms with Crippen LogP contribution in [-0.2, 0) is 11.8 Å². The summed E-state index contributed by atoms with van der Waals surface area (Å²) in [7, 11) is 0. The Kier molecular flexibility index (Phi) is 2.87. The molecule has 2 fully saturated rings. The van der Waals surface area contributed by atoms with Gasteiger partial charge in [0.15, 0.2) is 0 Å². The molecule has 5 heteroatoms. The average molecular weight is 271 g/mol. The summed E-state index contributed by atoms with van der Waals surface area (Å²) in [5, 5.41) is 14.0. The summed E-state index contributed by atoms with van der Waals surface area (Å²) in [5.41, 5.74) is -1.40. The van der Waals surface area contributed by atoms with Gasteiger partial charge in [0.25, 0.3) is 0 Å². The van der Waals surface area contributed by atoms with E-state index < -0.39 is 17.3 Å². The van der Waals surface area contributed by atoms with Crippen LogP contribution in [0.25, 0.3) is 0 Å². The Hall–Kier alpha value is -1.07. The highest BCUT2D eigenvalue weighted by Gasteiger charge is 2.50. The van der Waals surface area contributed by atoms with Gasteiger partial charge in [-0.2, -0.15) is 13.2 Å². The quantitative estimate of drug-likeness (QED) is 0.822. The van der Waals surface area contributed by atoms with E-state index >= 15 is 0 Å². The molecule has 0 spiro atoms. The van der Waals surface area contributed by atoms with Crippen LogP contribution < -0.4 is 5.32 Å². The second-order valence-electron chi connectivity index (χ2n) is 5.57. The Labute approximate surface area is 109 Å². The first-order chi connectivity index (χ1) is 8.91. The molecule has 3 atom stereocenters. The molecule has 104 valence electrons. The van der Waals surface area contributed by atoms with Gasteiger partial charge >= 0.3 is 6.18 Å². The van der Waals surface area contributed by atoms with Crippen molar-refractivity contribution in [3.8, 4) is 0 Å². The van der Waals surface area contributed by atoms with Gasteiger partial charge in [0.2, 0.25) is 0 Å². The van der Waals surface area contributed by atoms with Gasteiger partial charge < -0.3 is 10.4 Å². The number of halogens is 3. The van der Waals surface area contributed by atoms with E-state index in [4.69, 9.17) is 0 Å². The number of fused-ring (bicyclic) bond motifs is 1. The van der Waals surface area contributed by atoms with Crippen LogP contribution >= 0.6 is 0 Å². The Bertz CT molecular complexity index is 488. The average Bonchev–Trinajstić information content (AvgIpc) is 2.94. The lowest BCUT2D eigenvalue weighted by Crippen LogP contribution is -2.34. The zero-order valence-corrected chi connectivity index (χ0v) is 10.4. The van der Waals surface area contributed by atoms with Crippen LogP contribution in [0.3, 0.4) is 0 Å². The zero-order valence-electron chi connectivity index (χ0n) is 10.4. The summed E-state index contributed by atoms with van der Waals surface area (Å²) in [5.74, 6) is 0.399. The SMILES string of the molecule is O[C@@]1(c2cccc(C(F)(F)F)c2)CCC2CNCC21. The molecule has 3 rings (SSSR count). The summed E-state index contributed by atoms with van der Waals surface area (Å²) >= 11 is 0. The van der Waals surface area contributed by atoms with Gasteiger partial charge in [-0.25, -0.2) is 0 Å². The lowest BCUT2D eigenvalue weighted by Gasteiger charge is -2.30. The van der Waals surface area contributed by atoms with E-state index in [2.05, 4.69) is 5.32 Å². The first kappa shape index (κ1) is 12.9. The largest absolute Gasteiger partial charge is 0.416 e. The van der Waals surface area contributed by atoms with Gasteiger partial charge in [-0.05, 0) is 43.0 Å². The first-order valence-corrected chi connectivity index (χ1v) is 6.52. The third-order valence-electron chi connectivity index (χ3n) is 4.54. The van der Waals surface area contributed by atoms with E-state index in [-0.39, 0.29) is 5.92 Å². The maximum atomic E-state index is 12.8. The van der Waals surface area contributed by atoms with Crippen LogP contribution in [-0.4, -0.2) is 18.2 Å². The molecule has 0 aromatic heterocycles. The molecule has 0 amide bonds. The Morgan fingerprint density at radius 2 is 2.05 bits per heavy atom. The Morgan fingerprint density at radius 3 is 2.79 bits per heavy atom. The molecule has 2 N–H and O–H groups in total. The Morgan fingerprint density at radius 1 is 1.26 bits per heavy atom. The van der Waals surface area contributed by atoms with Crippen molar-refractivity contribution in [1.29, 1.82) is 0 Å². The van der Waals surface area contributed by atoms with Crippen LogP contribution in [0.1, 0.15) is 24.0 Å². The molecule has 2 aliphatic rings. The highest BCUT2D eigenvalue weighted by atomic mass is 19.4. The van der Waals surface area contributed by atoms with E-state index in [9.17, 15) is 18.3 Å². The second-order valence-corrected chi connectivity index (χ2v) is 5.57. The monoisotopic (exact) mass is 271 g/mol. The molecule has 2 nitrogen and oxygen atoms in total. The molecule has 1 saturated heterocycles. The summed E-state index contributed by atoms with van der Waals surface area (Å²) in [6.07, 6.45) is -2.95. The number of hydrogen-bond donors (Lipinski definition) is 2. The van der Waals surface area contributed by atoms with E-state index in [0.717, 1.165) is 25.1 Å². The van der Waals surface area contributed by atoms with Crippen molar-refractivity contribution in [3.05, 3.63) is 35.4 Å². The molecule has 2 unspecified atom stereocenters. The van der Waals surface area contributed by atoms with Gasteiger partial charge in [0.05, 0.1) is 11.2 Å². The third-order valence-corrected chi connectivity index (χ3v) is 4.54. The van der Waals surface area contributed by atoms with Crippen LogP contribution in [0, 0.1) is 11.8 Å². The number of nitrogens with one attached hydrogen (secondary N) is 1. The van der Waals surface area contributed by atoms with Gasteiger partial charge in [-0.3, -0.25) is 0 Å². The minimum absolute atomic E-state index is 0.0241. The molecule has 0 bridgehead atoms. The lowest BCUT2D eigenvalue weighted by molar-refractivity contribution is -0.137. The van der Waals surface area contributed by atoms with Crippen molar-refractivity contribution in [2.75, 3.05) is 13.1 Å². The summed E-state index contributed by atoms with van der Waals surface area (Å²) < 4.78 is 38.3. The standard InChI is InChI=1S/C14H16F3NO/c15-14(16,17)11-3-1-2-10(6-11)13(19)5-4-9-7-18-8-12(9)13/h1-3,6,9,12,18-19H,4-5,7-8H2/t9?,12?,13-/m1/s1. The smallest absolute Gasteiger partial charge is 0.385 e. The van der Waals surface area contributed by atoms with Gasteiger partial charge in [0.1, 0.15) is 0 Å². The molecule has 0 radical (unpaired) electrons. The maximum absolute atomic E-state index is 12.8. The number of alkyl halides is 3. The molecule has 1 aliphatic carbocycles. The van der Waals surface area contributed by atoms with Crippen LogP contribution in [0.5, 0.6) is 0 Å². The van der Waals surface area contributed by atoms with Crippen molar-refractivity contribution in [1.82, 2.24) is 5.32 Å². The van der Waals surface area contributed by atoms with Crippen molar-refractivity contribution in [3.63, 3.8) is 0 Å². The molecular formula is C14H16F3NO. The highest BCUT2D eigenvalue weighted by Crippen LogP contribution is 2.49. The van der Waals surface area contributed by atoms with E-state index in [1.807, 2.05) is 0 Å². The zero-order chi connectivity index (χ0) is 13.7. The summed E-state index contributed by atoms with van der Waals surface area (Å²) in [4.78, 5) is 0. The van der Waals surface area contributed by atoms with Gasteiger partial charge in [-0.15, -0.1) is 0 Å². The number of benzene rings is 1. The van der Waals surface area contributed by atoms with E-state index in [0.29, 0.717) is 24.4 Å². The lowest BCUT2D eigenvalue weighted by atomic mass is 9.82. The predicted octanol–water partition coefficient (Wildman–Crippen LogP) is 2.52. The highest BCUT2D eigenvalue weighted by molar-refractivity contribution is 5.32. The molecule has 1 aromatic carbocycles. The molecule has 1 aromatic rings. The summed E-state index contributed by atoms with van der Waals surface area (Å²) in [6.45, 7) is 1.53. The van der Waals surface area contributed by atoms with Gasteiger partial charge in [-0.1, -0.05) is 12.1 Å². The molecule has 1 saturated carbocycles. The molecule has 19 heavy (non-hydrogen) atoms. The van der Waals surface area contributed by atoms with E-state index in [1.165, 1.54) is 6.07 Å². The number of aliphatic hydroxyl groups is 1. The van der Waals surface area contributed by atoms with Crippen LogP contribution in [0.2, 0.25) is 0 Å². The van der Waals surface area contributed by atoms with Crippen molar-refractivity contribution in [2.24, 2.45) is 11.8 Å². The fraction of sp³-hybridized carbons (Fsp3) is 0.571. The number of rotatable bonds is 1. The molecular weight excluding hydrogens is 255 g/mol. The Balaban J connectivity index is 1.98. The first-order valence-electron chi connectivity index (χ1n) is 6.52. The normalized spacial score (nSPS) is 34.5. The van der Waals surface area contributed by atoms with Crippen LogP contribution in [0.15, 0.2) is 24.3 Å². The topological polar surface area (TPSA) is 32.3 Å². The molecule has 1 heterocycles. The minimum Gasteiger partial charge on any atom is -0.385 e. The minimum atomic E-state index is -4.36. The maximum Gasteiger partial charge on any atom is 0.416 e. The predicted molar refractivity (Wildman–Crippen MR) is 64.4 cm³/mol. The van der Waals surface area contributed by atoms with Crippen molar-refractivity contribution < 1.29 is 18.3 Å². The summed E-state index contributed by atoms with van der Waals surface area (Å²) in [6, 6.07) is 5.13. The van der Waals surface area contributed by atoms with Crippen LogP contribution in [0.4, 0.5) is 13.2 Å². The third kappa shape index (κ3) is 2.05.